The van der Waals surface area contributed by atoms with E-state index >= 15 is 0 Å². The molecule has 6 N–H and O–H groups in total. The van der Waals surface area contributed by atoms with Crippen LogP contribution < -0.4 is 11.5 Å². The topological polar surface area (TPSA) is 162 Å². The third kappa shape index (κ3) is 3.20. The highest BCUT2D eigenvalue weighted by Crippen LogP contribution is 2.64. The average Bonchev–Trinajstić information content (AvgIpc) is 3.55. The van der Waals surface area contributed by atoms with Gasteiger partial charge in [0.2, 0.25) is 0 Å². The highest BCUT2D eigenvalue weighted by Gasteiger charge is 2.64. The number of aliphatic hydroxyl groups is 2. The van der Waals surface area contributed by atoms with Crippen LogP contribution in [-0.4, -0.2) is 47.1 Å². The third-order valence-electron chi connectivity index (χ3n) is 9.03. The van der Waals surface area contributed by atoms with Crippen molar-refractivity contribution in [1.29, 1.82) is 0 Å². The van der Waals surface area contributed by atoms with E-state index in [9.17, 15) is 10.2 Å². The van der Waals surface area contributed by atoms with Gasteiger partial charge in [0.05, 0.1) is 28.7 Å². The van der Waals surface area contributed by atoms with Crippen molar-refractivity contribution in [1.82, 2.24) is 24.7 Å². The molecule has 0 saturated heterocycles. The number of hydrogen-bond donors (Lipinski definition) is 4. The van der Waals surface area contributed by atoms with Crippen LogP contribution in [-0.2, 0) is 6.42 Å². The maximum Gasteiger partial charge on any atom is 0.145 e. The predicted octanol–water partition coefficient (Wildman–Crippen LogP) is 3.41. The van der Waals surface area contributed by atoms with E-state index in [-0.39, 0.29) is 17.4 Å². The number of nitrogens with zero attached hydrogens (tertiary/aromatic N) is 5. The summed E-state index contributed by atoms with van der Waals surface area (Å²) in [7, 11) is 0. The quantitative estimate of drug-likeness (QED) is 0.277. The second-order valence-corrected chi connectivity index (χ2v) is 10.8. The summed E-state index contributed by atoms with van der Waals surface area (Å²) in [5, 5.41) is 28.2. The smallest absolute Gasteiger partial charge is 0.145 e. The van der Waals surface area contributed by atoms with Gasteiger partial charge in [0.15, 0.2) is 0 Å². The Bertz CT molecular complexity index is 1690. The second-order valence-electron chi connectivity index (χ2n) is 10.8. The first-order valence-electron chi connectivity index (χ1n) is 12.9. The van der Waals surface area contributed by atoms with Crippen LogP contribution in [0.25, 0.3) is 33.1 Å². The first kappa shape index (κ1) is 23.1. The molecule has 0 radical (unpaired) electrons. The van der Waals surface area contributed by atoms with E-state index in [1.54, 1.807) is 6.26 Å². The normalized spacial score (nSPS) is 26.6. The fourth-order valence-corrected chi connectivity index (χ4v) is 6.90. The zero-order valence-corrected chi connectivity index (χ0v) is 21.0. The van der Waals surface area contributed by atoms with E-state index in [1.165, 1.54) is 6.33 Å². The van der Waals surface area contributed by atoms with Gasteiger partial charge in [0.1, 0.15) is 36.0 Å². The van der Waals surface area contributed by atoms with Crippen LogP contribution in [0.1, 0.15) is 36.6 Å². The molecule has 194 valence electrons. The van der Waals surface area contributed by atoms with E-state index in [4.69, 9.17) is 16.0 Å². The summed E-state index contributed by atoms with van der Waals surface area (Å²) >= 11 is 0. The Hall–Kier alpha value is -4.02. The number of pyridine rings is 1. The maximum atomic E-state index is 11.3. The number of anilines is 2. The largest absolute Gasteiger partial charge is 0.390 e. The first-order chi connectivity index (χ1) is 18.4. The van der Waals surface area contributed by atoms with E-state index < -0.39 is 12.2 Å². The van der Waals surface area contributed by atoms with Crippen molar-refractivity contribution in [2.24, 2.45) is 11.3 Å². The molecular formula is C28H29N7O3. The van der Waals surface area contributed by atoms with Crippen molar-refractivity contribution >= 4 is 33.6 Å². The number of nitrogen functional groups attached to an aromatic ring is 2. The highest BCUT2D eigenvalue weighted by atomic mass is 16.5. The molecule has 10 heteroatoms. The molecule has 10 nitrogen and oxygen atoms in total. The van der Waals surface area contributed by atoms with Crippen molar-refractivity contribution < 1.29 is 14.7 Å². The molecule has 5 aromatic rings. The summed E-state index contributed by atoms with van der Waals surface area (Å²) in [6, 6.07) is 9.85. The zero-order valence-electron chi connectivity index (χ0n) is 21.0. The Morgan fingerprint density at radius 3 is 2.74 bits per heavy atom. The summed E-state index contributed by atoms with van der Waals surface area (Å²) in [5.74, 6) is 0.984. The molecule has 1 aromatic carbocycles. The average molecular weight is 512 g/mol. The lowest BCUT2D eigenvalue weighted by molar-refractivity contribution is -0.0742. The van der Waals surface area contributed by atoms with E-state index in [0.29, 0.717) is 17.3 Å². The van der Waals surface area contributed by atoms with Crippen LogP contribution in [0.4, 0.5) is 11.6 Å². The minimum atomic E-state index is -0.883. The summed E-state index contributed by atoms with van der Waals surface area (Å²) in [6.45, 7) is 1.87. The molecular weight excluding hydrogens is 482 g/mol. The van der Waals surface area contributed by atoms with Crippen LogP contribution in [0.5, 0.6) is 0 Å². The lowest BCUT2D eigenvalue weighted by Crippen LogP contribution is -2.46. The molecule has 2 aliphatic rings. The van der Waals surface area contributed by atoms with Crippen LogP contribution in [0.2, 0.25) is 0 Å². The standard InChI is InChI=1S/C28H29N7O3/c1-14-19(12-38-34-14)18-11-16-3-2-15(10-21(16)33-26(18)30)4-7-28-8-5-20(28)22(23(36)24(28)37)35-9-6-17-25(29)31-13-32-27(17)35/h2-3,6,9-13,20,22-24,36-37H,4-5,7-8H2,1H3,(H2,30,33)(H2,29,31,32)/t20-,22-,23+,24+,28-/m1/s1. The fourth-order valence-electron chi connectivity index (χ4n) is 6.90. The molecule has 4 heterocycles. The zero-order chi connectivity index (χ0) is 26.2. The summed E-state index contributed by atoms with van der Waals surface area (Å²) in [4.78, 5) is 13.2. The molecule has 0 bridgehead atoms. The molecule has 5 atom stereocenters. The first-order valence-corrected chi connectivity index (χ1v) is 12.9. The Morgan fingerprint density at radius 1 is 1.11 bits per heavy atom. The Kier molecular flexibility index (Phi) is 5.01. The Balaban J connectivity index is 1.16. The highest BCUT2D eigenvalue weighted by molar-refractivity contribution is 5.89. The maximum absolute atomic E-state index is 11.3. The van der Waals surface area contributed by atoms with Crippen molar-refractivity contribution in [2.75, 3.05) is 11.5 Å². The van der Waals surface area contributed by atoms with Crippen LogP contribution in [0.3, 0.4) is 0 Å². The minimum Gasteiger partial charge on any atom is -0.390 e. The molecule has 0 aliphatic heterocycles. The molecule has 2 fully saturated rings. The fraction of sp³-hybridized carbons (Fsp3) is 0.357. The van der Waals surface area contributed by atoms with Gasteiger partial charge in [-0.2, -0.15) is 0 Å². The van der Waals surface area contributed by atoms with Crippen LogP contribution in [0.15, 0.2) is 53.6 Å². The van der Waals surface area contributed by atoms with Crippen LogP contribution >= 0.6 is 0 Å². The minimum absolute atomic E-state index is 0.142. The van der Waals surface area contributed by atoms with Gasteiger partial charge in [-0.05, 0) is 62.3 Å². The van der Waals surface area contributed by atoms with Gasteiger partial charge in [-0.3, -0.25) is 0 Å². The lowest BCUT2D eigenvalue weighted by Gasteiger charge is -2.48. The molecule has 0 amide bonds. The Morgan fingerprint density at radius 2 is 1.97 bits per heavy atom. The number of aryl methyl sites for hydroxylation is 2. The number of benzene rings is 1. The van der Waals surface area contributed by atoms with Crippen molar-refractivity contribution in [3.8, 4) is 11.1 Å². The molecule has 2 saturated carbocycles. The van der Waals surface area contributed by atoms with Crippen molar-refractivity contribution in [3.63, 3.8) is 0 Å². The number of aliphatic hydroxyl groups excluding tert-OH is 2. The van der Waals surface area contributed by atoms with E-state index in [1.807, 2.05) is 29.8 Å². The van der Waals surface area contributed by atoms with Crippen molar-refractivity contribution in [3.05, 3.63) is 60.4 Å². The molecule has 2 aliphatic carbocycles. The summed E-state index contributed by atoms with van der Waals surface area (Å²) in [6.07, 6.45) is 6.59. The monoisotopic (exact) mass is 511 g/mol. The lowest BCUT2D eigenvalue weighted by atomic mass is 9.58. The number of hydrogen-bond acceptors (Lipinski definition) is 9. The molecule has 4 aromatic heterocycles. The SMILES string of the molecule is Cc1nocc1-c1cc2ccc(CC[C@@]34CC[C@@H]3[C@@H](n3ccc5c(N)ncnc53)[C@H](O)[C@@H]4O)cc2nc1N. The van der Waals surface area contributed by atoms with Gasteiger partial charge in [-0.15, -0.1) is 0 Å². The number of rotatable bonds is 5. The van der Waals surface area contributed by atoms with E-state index in [2.05, 4.69) is 38.3 Å². The summed E-state index contributed by atoms with van der Waals surface area (Å²) < 4.78 is 7.06. The van der Waals surface area contributed by atoms with Gasteiger partial charge in [0, 0.05) is 28.1 Å². The third-order valence-corrected chi connectivity index (χ3v) is 9.03. The van der Waals surface area contributed by atoms with Gasteiger partial charge in [-0.25, -0.2) is 15.0 Å². The molecule has 0 unspecified atom stereocenters. The van der Waals surface area contributed by atoms with Gasteiger partial charge in [0.25, 0.3) is 0 Å². The van der Waals surface area contributed by atoms with Crippen LogP contribution in [0, 0.1) is 18.3 Å². The number of aromatic nitrogens is 5. The van der Waals surface area contributed by atoms with E-state index in [0.717, 1.165) is 64.4 Å². The second kappa shape index (κ2) is 8.24. The summed E-state index contributed by atoms with van der Waals surface area (Å²) in [5.41, 5.74) is 17.0. The molecule has 0 spiro atoms. The van der Waals surface area contributed by atoms with Gasteiger partial charge >= 0.3 is 0 Å². The molecule has 7 rings (SSSR count). The number of fused-ring (bicyclic) bond motifs is 3. The van der Waals surface area contributed by atoms with Gasteiger partial charge in [-0.1, -0.05) is 17.3 Å². The van der Waals surface area contributed by atoms with Gasteiger partial charge < -0.3 is 30.8 Å². The Labute approximate surface area is 218 Å². The van der Waals surface area contributed by atoms with Crippen molar-refractivity contribution in [2.45, 2.75) is 50.9 Å². The molecule has 38 heavy (non-hydrogen) atoms. The number of nitrogens with two attached hydrogens (primary N) is 2. The predicted molar refractivity (Wildman–Crippen MR) is 143 cm³/mol.